The normalized spacial score (nSPS) is 13.6. The maximum atomic E-state index is 8.88. The third-order valence-electron chi connectivity index (χ3n) is 0.835. The van der Waals surface area contributed by atoms with Crippen molar-refractivity contribution in [3.8, 4) is 0 Å². The second kappa shape index (κ2) is 2.86. The van der Waals surface area contributed by atoms with Gasteiger partial charge < -0.3 is 10.2 Å². The van der Waals surface area contributed by atoms with Gasteiger partial charge in [0.15, 0.2) is 0 Å². The monoisotopic (exact) mass is 146 g/mol. The van der Waals surface area contributed by atoms with Crippen LogP contribution in [0.5, 0.6) is 0 Å². The molecule has 50 valence electrons. The Balaban J connectivity index is 2.65. The van der Waals surface area contributed by atoms with E-state index in [1.807, 2.05) is 0 Å². The maximum Gasteiger partial charge on any atom is 0.148 e. The molecule has 0 saturated carbocycles. The van der Waals surface area contributed by atoms with Crippen LogP contribution in [-0.2, 0) is 0 Å². The highest BCUT2D eigenvalue weighted by Gasteiger charge is 2.07. The van der Waals surface area contributed by atoms with Crippen molar-refractivity contribution in [2.45, 2.75) is 6.10 Å². The number of hydrogen-bond donors (Lipinski definition) is 2. The molecule has 1 aromatic rings. The highest BCUT2D eigenvalue weighted by molar-refractivity contribution is 7.09. The fourth-order valence-corrected chi connectivity index (χ4v) is 0.933. The van der Waals surface area contributed by atoms with Gasteiger partial charge in [-0.25, -0.2) is 0 Å². The molecule has 5 heteroatoms. The average molecular weight is 146 g/mol. The van der Waals surface area contributed by atoms with Gasteiger partial charge in [0.05, 0.1) is 6.61 Å². The van der Waals surface area contributed by atoms with Crippen molar-refractivity contribution in [1.29, 1.82) is 0 Å². The van der Waals surface area contributed by atoms with Crippen LogP contribution in [-0.4, -0.2) is 27.0 Å². The Labute approximate surface area is 55.8 Å². The van der Waals surface area contributed by atoms with Gasteiger partial charge in [-0.3, -0.25) is 0 Å². The summed E-state index contributed by atoms with van der Waals surface area (Å²) in [5, 5.41) is 24.8. The van der Waals surface area contributed by atoms with E-state index in [-0.39, 0.29) is 6.61 Å². The van der Waals surface area contributed by atoms with Gasteiger partial charge in [0, 0.05) is 0 Å². The molecule has 0 bridgehead atoms. The van der Waals surface area contributed by atoms with E-state index in [2.05, 4.69) is 10.2 Å². The minimum atomic E-state index is -0.863. The van der Waals surface area contributed by atoms with Crippen LogP contribution in [0.1, 0.15) is 11.1 Å². The molecular weight excluding hydrogens is 140 g/mol. The predicted octanol–water partition coefficient (Wildman–Crippen LogP) is -0.436. The predicted molar refractivity (Wildman–Crippen MR) is 32.0 cm³/mol. The van der Waals surface area contributed by atoms with E-state index < -0.39 is 6.10 Å². The van der Waals surface area contributed by atoms with Crippen LogP contribution in [0, 0.1) is 0 Å². The van der Waals surface area contributed by atoms with Crippen molar-refractivity contribution >= 4 is 11.3 Å². The molecule has 1 unspecified atom stereocenters. The molecule has 0 aromatic carbocycles. The molecule has 0 amide bonds. The van der Waals surface area contributed by atoms with Crippen molar-refractivity contribution in [2.24, 2.45) is 0 Å². The van der Waals surface area contributed by atoms with E-state index in [0.29, 0.717) is 5.01 Å². The largest absolute Gasteiger partial charge is 0.393 e. The van der Waals surface area contributed by atoms with Gasteiger partial charge in [0.1, 0.15) is 16.6 Å². The van der Waals surface area contributed by atoms with Crippen molar-refractivity contribution in [3.63, 3.8) is 0 Å². The van der Waals surface area contributed by atoms with Crippen LogP contribution in [0.2, 0.25) is 0 Å². The zero-order chi connectivity index (χ0) is 6.69. The number of hydrogen-bond acceptors (Lipinski definition) is 5. The molecule has 0 fully saturated rings. The van der Waals surface area contributed by atoms with Gasteiger partial charge in [0.25, 0.3) is 0 Å². The third kappa shape index (κ3) is 1.44. The average Bonchev–Trinajstić information content (AvgIpc) is 2.37. The lowest BCUT2D eigenvalue weighted by atomic mass is 10.4. The molecule has 4 nitrogen and oxygen atoms in total. The molecule has 0 aliphatic heterocycles. The van der Waals surface area contributed by atoms with E-state index in [0.717, 1.165) is 0 Å². The topological polar surface area (TPSA) is 66.2 Å². The molecule has 1 atom stereocenters. The summed E-state index contributed by atoms with van der Waals surface area (Å²) in [6.07, 6.45) is -0.863. The van der Waals surface area contributed by atoms with Crippen LogP contribution in [0.25, 0.3) is 0 Å². The lowest BCUT2D eigenvalue weighted by Gasteiger charge is -1.97. The number of aromatic nitrogens is 2. The van der Waals surface area contributed by atoms with E-state index in [1.54, 1.807) is 0 Å². The van der Waals surface area contributed by atoms with Crippen LogP contribution in [0.15, 0.2) is 5.51 Å². The zero-order valence-electron chi connectivity index (χ0n) is 4.56. The number of aliphatic hydroxyl groups excluding tert-OH is 2. The van der Waals surface area contributed by atoms with Gasteiger partial charge in [-0.2, -0.15) is 0 Å². The van der Waals surface area contributed by atoms with E-state index in [9.17, 15) is 0 Å². The summed E-state index contributed by atoms with van der Waals surface area (Å²) >= 11 is 1.22. The highest BCUT2D eigenvalue weighted by atomic mass is 32.1. The zero-order valence-corrected chi connectivity index (χ0v) is 5.38. The molecule has 2 N–H and O–H groups in total. The van der Waals surface area contributed by atoms with Crippen LogP contribution in [0.4, 0.5) is 0 Å². The molecule has 0 saturated heterocycles. The van der Waals surface area contributed by atoms with Gasteiger partial charge in [-0.15, -0.1) is 21.5 Å². The van der Waals surface area contributed by atoms with Crippen molar-refractivity contribution < 1.29 is 10.2 Å². The number of aliphatic hydroxyl groups is 2. The van der Waals surface area contributed by atoms with Gasteiger partial charge in [-0.05, 0) is 0 Å². The van der Waals surface area contributed by atoms with Crippen molar-refractivity contribution in [3.05, 3.63) is 10.5 Å². The minimum Gasteiger partial charge on any atom is -0.393 e. The smallest absolute Gasteiger partial charge is 0.148 e. The maximum absolute atomic E-state index is 8.88. The SMILES string of the molecule is OCC(O)c1nncs1. The molecule has 1 rings (SSSR count). The summed E-state index contributed by atoms with van der Waals surface area (Å²) in [6, 6.07) is 0. The lowest BCUT2D eigenvalue weighted by Crippen LogP contribution is -2.01. The summed E-state index contributed by atoms with van der Waals surface area (Å²) < 4.78 is 0. The Morgan fingerprint density at radius 3 is 3.00 bits per heavy atom. The second-order valence-corrected chi connectivity index (χ2v) is 2.34. The lowest BCUT2D eigenvalue weighted by molar-refractivity contribution is 0.0948. The third-order valence-corrected chi connectivity index (χ3v) is 1.63. The molecular formula is C4H6N2O2S. The first-order valence-corrected chi connectivity index (χ1v) is 3.27. The minimum absolute atomic E-state index is 0.296. The summed E-state index contributed by atoms with van der Waals surface area (Å²) in [4.78, 5) is 0. The van der Waals surface area contributed by atoms with Crippen molar-refractivity contribution in [1.82, 2.24) is 10.2 Å². The molecule has 0 aliphatic carbocycles. The first-order chi connectivity index (χ1) is 4.34. The molecule has 1 heterocycles. The Morgan fingerprint density at radius 2 is 2.56 bits per heavy atom. The molecule has 1 aromatic heterocycles. The Morgan fingerprint density at radius 1 is 1.78 bits per heavy atom. The first-order valence-electron chi connectivity index (χ1n) is 2.39. The van der Waals surface area contributed by atoms with E-state index in [1.165, 1.54) is 16.8 Å². The Bertz CT molecular complexity index is 165. The quantitative estimate of drug-likeness (QED) is 0.593. The second-order valence-electron chi connectivity index (χ2n) is 1.48. The van der Waals surface area contributed by atoms with E-state index in [4.69, 9.17) is 10.2 Å². The number of nitrogens with zero attached hydrogens (tertiary/aromatic N) is 2. The molecule has 9 heavy (non-hydrogen) atoms. The molecule has 0 radical (unpaired) electrons. The summed E-state index contributed by atoms with van der Waals surface area (Å²) in [6.45, 7) is -0.296. The van der Waals surface area contributed by atoms with Gasteiger partial charge in [-0.1, -0.05) is 0 Å². The van der Waals surface area contributed by atoms with Gasteiger partial charge in [0.2, 0.25) is 0 Å². The fraction of sp³-hybridized carbons (Fsp3) is 0.500. The Hall–Kier alpha value is -0.520. The highest BCUT2D eigenvalue weighted by Crippen LogP contribution is 2.11. The number of rotatable bonds is 2. The summed E-state index contributed by atoms with van der Waals surface area (Å²) in [7, 11) is 0. The summed E-state index contributed by atoms with van der Waals surface area (Å²) in [5.74, 6) is 0. The molecule has 0 aliphatic rings. The molecule has 0 spiro atoms. The Kier molecular flexibility index (Phi) is 2.10. The van der Waals surface area contributed by atoms with Crippen LogP contribution in [0.3, 0.4) is 0 Å². The van der Waals surface area contributed by atoms with Gasteiger partial charge >= 0.3 is 0 Å². The van der Waals surface area contributed by atoms with Crippen molar-refractivity contribution in [2.75, 3.05) is 6.61 Å². The van der Waals surface area contributed by atoms with E-state index >= 15 is 0 Å². The fourth-order valence-electron chi connectivity index (χ4n) is 0.405. The van der Waals surface area contributed by atoms with Crippen LogP contribution >= 0.6 is 11.3 Å². The summed E-state index contributed by atoms with van der Waals surface area (Å²) in [5.41, 5.74) is 1.51. The standard InChI is InChI=1S/C4H6N2O2S/c7-1-3(8)4-6-5-2-9-4/h2-3,7-8H,1H2. The first kappa shape index (κ1) is 6.60. The van der Waals surface area contributed by atoms with Crippen LogP contribution < -0.4 is 0 Å².